The van der Waals surface area contributed by atoms with E-state index in [-0.39, 0.29) is 23.2 Å². The Morgan fingerprint density at radius 1 is 1.43 bits per heavy atom. The molecule has 0 saturated heterocycles. The molecular weight excluding hydrogens is 296 g/mol. The van der Waals surface area contributed by atoms with E-state index in [1.807, 2.05) is 6.92 Å². The van der Waals surface area contributed by atoms with Gasteiger partial charge in [-0.05, 0) is 6.42 Å². The van der Waals surface area contributed by atoms with Crippen LogP contribution in [0.4, 0.5) is 5.69 Å². The molecule has 1 aromatic carbocycles. The monoisotopic (exact) mass is 314 g/mol. The van der Waals surface area contributed by atoms with Crippen molar-refractivity contribution in [2.24, 2.45) is 0 Å². The fraction of sp³-hybridized carbons (Fsp3) is 0.462. The van der Waals surface area contributed by atoms with Gasteiger partial charge >= 0.3 is 0 Å². The lowest BCUT2D eigenvalue weighted by Gasteiger charge is -2.22. The molecule has 7 nitrogen and oxygen atoms in total. The highest BCUT2D eigenvalue weighted by molar-refractivity contribution is 7.89. The number of nitrogens with zero attached hydrogens (tertiary/aromatic N) is 1. The first-order valence-electron chi connectivity index (χ1n) is 6.51. The van der Waals surface area contributed by atoms with Crippen LogP contribution in [-0.2, 0) is 14.8 Å². The minimum Gasteiger partial charge on any atom is -0.495 e. The summed E-state index contributed by atoms with van der Waals surface area (Å²) in [6, 6.07) is 2.84. The van der Waals surface area contributed by atoms with Gasteiger partial charge in [0.25, 0.3) is 5.91 Å². The van der Waals surface area contributed by atoms with Crippen LogP contribution in [0, 0.1) is 0 Å². The third-order valence-corrected chi connectivity index (χ3v) is 5.00. The van der Waals surface area contributed by atoms with Crippen LogP contribution >= 0.6 is 0 Å². The summed E-state index contributed by atoms with van der Waals surface area (Å²) in [5.41, 5.74) is 0.403. The first kappa shape index (κ1) is 15.6. The predicted molar refractivity (Wildman–Crippen MR) is 77.2 cm³/mol. The minimum absolute atomic E-state index is 0.0239. The molecule has 21 heavy (non-hydrogen) atoms. The van der Waals surface area contributed by atoms with E-state index in [4.69, 9.17) is 9.47 Å². The number of hydrogen-bond donors (Lipinski definition) is 1. The lowest BCUT2D eigenvalue weighted by Crippen LogP contribution is -2.29. The van der Waals surface area contributed by atoms with Crippen LogP contribution in [0.5, 0.6) is 11.5 Å². The molecule has 8 heteroatoms. The van der Waals surface area contributed by atoms with Crippen molar-refractivity contribution in [3.8, 4) is 11.5 Å². The van der Waals surface area contributed by atoms with Gasteiger partial charge in [-0.2, -0.15) is 0 Å². The van der Waals surface area contributed by atoms with Crippen LogP contribution in [-0.4, -0.2) is 45.9 Å². The molecule has 1 aromatic rings. The Hall–Kier alpha value is -1.80. The van der Waals surface area contributed by atoms with Crippen molar-refractivity contribution >= 4 is 21.6 Å². The fourth-order valence-corrected chi connectivity index (χ4v) is 3.46. The maximum atomic E-state index is 12.6. The highest BCUT2D eigenvalue weighted by Crippen LogP contribution is 2.38. The lowest BCUT2D eigenvalue weighted by molar-refractivity contribution is -0.118. The molecule has 2 rings (SSSR count). The number of anilines is 1. The van der Waals surface area contributed by atoms with Crippen molar-refractivity contribution < 1.29 is 22.7 Å². The number of hydrogen-bond acceptors (Lipinski definition) is 5. The summed E-state index contributed by atoms with van der Waals surface area (Å²) in [4.78, 5) is 11.3. The second kappa shape index (κ2) is 5.90. The topological polar surface area (TPSA) is 84.9 Å². The van der Waals surface area contributed by atoms with E-state index in [2.05, 4.69) is 5.32 Å². The van der Waals surface area contributed by atoms with Crippen LogP contribution in [0.2, 0.25) is 0 Å². The molecule has 116 valence electrons. The van der Waals surface area contributed by atoms with Crippen molar-refractivity contribution in [1.29, 1.82) is 0 Å². The molecule has 0 aliphatic carbocycles. The zero-order valence-electron chi connectivity index (χ0n) is 12.2. The summed E-state index contributed by atoms with van der Waals surface area (Å²) in [6.07, 6.45) is 0.704. The first-order valence-corrected chi connectivity index (χ1v) is 7.95. The zero-order chi connectivity index (χ0) is 15.6. The number of carbonyl (C=O) groups is 1. The van der Waals surface area contributed by atoms with Gasteiger partial charge in [0, 0.05) is 25.7 Å². The van der Waals surface area contributed by atoms with Gasteiger partial charge in [-0.15, -0.1) is 0 Å². The SMILES string of the molecule is CCCN(C)S(=O)(=O)c1cc2c(cc1OC)NC(=O)CO2. The van der Waals surface area contributed by atoms with E-state index in [9.17, 15) is 13.2 Å². The minimum atomic E-state index is -3.68. The second-order valence-corrected chi connectivity index (χ2v) is 6.68. The Kier molecular flexibility index (Phi) is 4.38. The molecule has 1 N–H and O–H groups in total. The van der Waals surface area contributed by atoms with Crippen molar-refractivity contribution in [3.63, 3.8) is 0 Å². The smallest absolute Gasteiger partial charge is 0.262 e. The molecule has 0 saturated carbocycles. The summed E-state index contributed by atoms with van der Waals surface area (Å²) in [5, 5.41) is 2.62. The maximum Gasteiger partial charge on any atom is 0.262 e. The molecule has 0 aromatic heterocycles. The van der Waals surface area contributed by atoms with E-state index in [0.717, 1.165) is 0 Å². The largest absolute Gasteiger partial charge is 0.495 e. The molecule has 0 unspecified atom stereocenters. The molecule has 0 radical (unpaired) electrons. The van der Waals surface area contributed by atoms with Crippen molar-refractivity contribution in [2.45, 2.75) is 18.2 Å². The molecule has 0 bridgehead atoms. The number of nitrogens with one attached hydrogen (secondary N) is 1. The number of sulfonamides is 1. The van der Waals surface area contributed by atoms with Crippen LogP contribution in [0.15, 0.2) is 17.0 Å². The van der Waals surface area contributed by atoms with E-state index < -0.39 is 10.0 Å². The van der Waals surface area contributed by atoms with E-state index >= 15 is 0 Å². The zero-order valence-corrected chi connectivity index (χ0v) is 13.0. The normalized spacial score (nSPS) is 14.4. The Labute approximate surface area is 123 Å². The van der Waals surface area contributed by atoms with Gasteiger partial charge in [-0.1, -0.05) is 6.92 Å². The van der Waals surface area contributed by atoms with Crippen LogP contribution in [0.3, 0.4) is 0 Å². The standard InChI is InChI=1S/C13H18N2O5S/c1-4-5-15(2)21(17,18)12-7-10-9(6-11(12)19-3)14-13(16)8-20-10/h6-7H,4-5,8H2,1-3H3,(H,14,16). The number of rotatable bonds is 5. The molecule has 0 fully saturated rings. The summed E-state index contributed by atoms with van der Waals surface area (Å²) in [6.45, 7) is 2.17. The highest BCUT2D eigenvalue weighted by atomic mass is 32.2. The van der Waals surface area contributed by atoms with E-state index in [1.54, 1.807) is 0 Å². The molecular formula is C13H18N2O5S. The van der Waals surface area contributed by atoms with Gasteiger partial charge in [0.05, 0.1) is 12.8 Å². The molecule has 1 heterocycles. The summed E-state index contributed by atoms with van der Waals surface area (Å²) in [7, 11) is -0.780. The number of ether oxygens (including phenoxy) is 2. The summed E-state index contributed by atoms with van der Waals surface area (Å²) < 4.78 is 36.8. The van der Waals surface area contributed by atoms with Gasteiger partial charge < -0.3 is 14.8 Å². The maximum absolute atomic E-state index is 12.6. The van der Waals surface area contributed by atoms with Gasteiger partial charge in [-0.25, -0.2) is 12.7 Å². The Morgan fingerprint density at radius 2 is 2.14 bits per heavy atom. The average Bonchev–Trinajstić information content (AvgIpc) is 2.45. The highest BCUT2D eigenvalue weighted by Gasteiger charge is 2.28. The molecule has 0 spiro atoms. The number of benzene rings is 1. The van der Waals surface area contributed by atoms with Gasteiger partial charge in [0.2, 0.25) is 10.0 Å². The second-order valence-electron chi connectivity index (χ2n) is 4.66. The predicted octanol–water partition coefficient (Wildman–Crippen LogP) is 1.06. The van der Waals surface area contributed by atoms with Crippen LogP contribution < -0.4 is 14.8 Å². The Balaban J connectivity index is 2.51. The lowest BCUT2D eigenvalue weighted by atomic mass is 10.2. The third kappa shape index (κ3) is 2.96. The third-order valence-electron chi connectivity index (χ3n) is 3.13. The molecule has 1 aliphatic rings. The Bertz CT molecular complexity index is 657. The fourth-order valence-electron chi connectivity index (χ4n) is 2.05. The number of fused-ring (bicyclic) bond motifs is 1. The van der Waals surface area contributed by atoms with Gasteiger partial charge in [0.15, 0.2) is 6.61 Å². The molecule has 1 amide bonds. The van der Waals surface area contributed by atoms with Crippen LogP contribution in [0.1, 0.15) is 13.3 Å². The van der Waals surface area contributed by atoms with Crippen LogP contribution in [0.25, 0.3) is 0 Å². The first-order chi connectivity index (χ1) is 9.90. The van der Waals surface area contributed by atoms with Gasteiger partial charge in [-0.3, -0.25) is 4.79 Å². The molecule has 0 atom stereocenters. The number of carbonyl (C=O) groups excluding carboxylic acids is 1. The van der Waals surface area contributed by atoms with Crippen molar-refractivity contribution in [1.82, 2.24) is 4.31 Å². The van der Waals surface area contributed by atoms with Crippen molar-refractivity contribution in [3.05, 3.63) is 12.1 Å². The van der Waals surface area contributed by atoms with Crippen molar-refractivity contribution in [2.75, 3.05) is 32.6 Å². The Morgan fingerprint density at radius 3 is 2.76 bits per heavy atom. The summed E-state index contributed by atoms with van der Waals surface area (Å²) in [5.74, 6) is 0.199. The summed E-state index contributed by atoms with van der Waals surface area (Å²) >= 11 is 0. The van der Waals surface area contributed by atoms with E-state index in [1.165, 1.54) is 30.6 Å². The average molecular weight is 314 g/mol. The quantitative estimate of drug-likeness (QED) is 0.878. The van der Waals surface area contributed by atoms with Gasteiger partial charge in [0.1, 0.15) is 16.4 Å². The number of amides is 1. The molecule has 1 aliphatic heterocycles. The van der Waals surface area contributed by atoms with E-state index in [0.29, 0.717) is 24.4 Å². The number of methoxy groups -OCH3 is 1.